The fourth-order valence-corrected chi connectivity index (χ4v) is 2.58. The number of fused-ring (bicyclic) bond motifs is 1. The zero-order valence-corrected chi connectivity index (χ0v) is 14.7. The number of nitro benzene ring substituents is 1. The van der Waals surface area contributed by atoms with Crippen molar-refractivity contribution in [2.75, 3.05) is 18.6 Å². The number of nitrogens with zero attached hydrogens (tertiary/aromatic N) is 2. The molecule has 0 atom stereocenters. The van der Waals surface area contributed by atoms with E-state index in [1.54, 1.807) is 25.2 Å². The maximum atomic E-state index is 12.3. The highest BCUT2D eigenvalue weighted by Crippen LogP contribution is 2.23. The van der Waals surface area contributed by atoms with E-state index in [-0.39, 0.29) is 18.2 Å². The van der Waals surface area contributed by atoms with Crippen LogP contribution in [0.4, 0.5) is 11.4 Å². The van der Waals surface area contributed by atoms with Crippen LogP contribution in [-0.2, 0) is 4.79 Å². The van der Waals surface area contributed by atoms with E-state index in [1.807, 2.05) is 6.92 Å². The number of amides is 1. The van der Waals surface area contributed by atoms with Gasteiger partial charge in [0, 0.05) is 42.4 Å². The Morgan fingerprint density at radius 3 is 2.56 bits per heavy atom. The zero-order valence-electron chi connectivity index (χ0n) is 14.7. The molecule has 3 aromatic rings. The molecule has 0 unspecified atom stereocenters. The van der Waals surface area contributed by atoms with Gasteiger partial charge < -0.3 is 14.1 Å². The van der Waals surface area contributed by atoms with Gasteiger partial charge in [-0.05, 0) is 36.8 Å². The summed E-state index contributed by atoms with van der Waals surface area (Å²) >= 11 is 0. The minimum Gasteiger partial charge on any atom is -0.484 e. The number of hydrogen-bond donors (Lipinski definition) is 0. The second-order valence-corrected chi connectivity index (χ2v) is 5.92. The van der Waals surface area contributed by atoms with E-state index in [0.717, 1.165) is 10.9 Å². The largest absolute Gasteiger partial charge is 0.484 e. The van der Waals surface area contributed by atoms with Crippen molar-refractivity contribution < 1.29 is 18.9 Å². The molecule has 1 aromatic heterocycles. The molecule has 27 heavy (non-hydrogen) atoms. The number of rotatable bonds is 5. The van der Waals surface area contributed by atoms with Gasteiger partial charge in [0.2, 0.25) is 0 Å². The average molecular weight is 368 g/mol. The monoisotopic (exact) mass is 368 g/mol. The molecular weight excluding hydrogens is 352 g/mol. The molecule has 0 N–H and O–H groups in total. The summed E-state index contributed by atoms with van der Waals surface area (Å²) in [4.78, 5) is 35.3. The minimum absolute atomic E-state index is 0.0520. The number of likely N-dealkylation sites (N-methyl/N-ethyl adjacent to an activating group) is 1. The summed E-state index contributed by atoms with van der Waals surface area (Å²) in [5.74, 6) is 0.0522. The van der Waals surface area contributed by atoms with Crippen molar-refractivity contribution in [2.24, 2.45) is 0 Å². The van der Waals surface area contributed by atoms with E-state index >= 15 is 0 Å². The summed E-state index contributed by atoms with van der Waals surface area (Å²) in [6.07, 6.45) is 0. The predicted octanol–water partition coefficient (Wildman–Crippen LogP) is 3.05. The van der Waals surface area contributed by atoms with Crippen LogP contribution in [0, 0.1) is 17.0 Å². The molecule has 0 saturated carbocycles. The molecule has 0 spiro atoms. The van der Waals surface area contributed by atoms with Crippen LogP contribution >= 0.6 is 0 Å². The molecule has 0 radical (unpaired) electrons. The van der Waals surface area contributed by atoms with Crippen molar-refractivity contribution >= 4 is 28.3 Å². The summed E-state index contributed by atoms with van der Waals surface area (Å²) in [6.45, 7) is 1.57. The van der Waals surface area contributed by atoms with Gasteiger partial charge in [-0.2, -0.15) is 0 Å². The first-order chi connectivity index (χ1) is 12.8. The van der Waals surface area contributed by atoms with Gasteiger partial charge in [-0.15, -0.1) is 0 Å². The molecule has 0 aliphatic carbocycles. The van der Waals surface area contributed by atoms with E-state index in [1.165, 1.54) is 35.2 Å². The van der Waals surface area contributed by atoms with Crippen LogP contribution in [-0.4, -0.2) is 24.5 Å². The topological polar surface area (TPSA) is 103 Å². The molecule has 0 aliphatic heterocycles. The third-order valence-corrected chi connectivity index (χ3v) is 4.11. The summed E-state index contributed by atoms with van der Waals surface area (Å²) in [6, 6.07) is 12.0. The SMILES string of the molecule is Cc1cc(=O)oc2cc(OCC(=O)N(C)c3ccc([N+](=O)[O-])cc3)ccc12. The number of hydrogen-bond acceptors (Lipinski definition) is 6. The van der Waals surface area contributed by atoms with Crippen LogP contribution in [0.1, 0.15) is 5.56 Å². The summed E-state index contributed by atoms with van der Waals surface area (Å²) in [5, 5.41) is 11.5. The highest BCUT2D eigenvalue weighted by Gasteiger charge is 2.14. The number of benzene rings is 2. The number of non-ortho nitro benzene ring substituents is 1. The molecule has 3 rings (SSSR count). The van der Waals surface area contributed by atoms with Crippen molar-refractivity contribution in [1.29, 1.82) is 0 Å². The van der Waals surface area contributed by atoms with Crippen LogP contribution in [0.2, 0.25) is 0 Å². The quantitative estimate of drug-likeness (QED) is 0.390. The second kappa shape index (κ2) is 7.28. The van der Waals surface area contributed by atoms with E-state index in [0.29, 0.717) is 17.0 Å². The number of carbonyl (C=O) groups is 1. The molecular formula is C19H16N2O6. The highest BCUT2D eigenvalue weighted by molar-refractivity contribution is 5.94. The van der Waals surface area contributed by atoms with Crippen LogP contribution in [0.3, 0.4) is 0 Å². The Balaban J connectivity index is 1.70. The van der Waals surface area contributed by atoms with Gasteiger partial charge in [-0.1, -0.05) is 0 Å². The Hall–Kier alpha value is -3.68. The Morgan fingerprint density at radius 1 is 1.19 bits per heavy atom. The number of carbonyl (C=O) groups excluding carboxylic acids is 1. The Labute approximate surface area is 153 Å². The molecule has 0 fully saturated rings. The maximum Gasteiger partial charge on any atom is 0.336 e. The minimum atomic E-state index is -0.505. The molecule has 0 saturated heterocycles. The van der Waals surface area contributed by atoms with Crippen LogP contribution in [0.15, 0.2) is 57.7 Å². The fraction of sp³-hybridized carbons (Fsp3) is 0.158. The molecule has 1 amide bonds. The summed E-state index contributed by atoms with van der Waals surface area (Å²) in [7, 11) is 1.55. The lowest BCUT2D eigenvalue weighted by Gasteiger charge is -2.17. The number of ether oxygens (including phenoxy) is 1. The van der Waals surface area contributed by atoms with Gasteiger partial charge in [0.25, 0.3) is 11.6 Å². The summed E-state index contributed by atoms with van der Waals surface area (Å²) < 4.78 is 10.7. The van der Waals surface area contributed by atoms with Gasteiger partial charge in [0.15, 0.2) is 6.61 Å². The third-order valence-electron chi connectivity index (χ3n) is 4.11. The first-order valence-corrected chi connectivity index (χ1v) is 8.03. The van der Waals surface area contributed by atoms with Crippen LogP contribution < -0.4 is 15.3 Å². The van der Waals surface area contributed by atoms with Gasteiger partial charge in [-0.3, -0.25) is 14.9 Å². The Morgan fingerprint density at radius 2 is 1.89 bits per heavy atom. The third kappa shape index (κ3) is 3.95. The van der Waals surface area contributed by atoms with Crippen LogP contribution in [0.5, 0.6) is 5.75 Å². The standard InChI is InChI=1S/C19H16N2O6/c1-12-9-19(23)27-17-10-15(7-8-16(12)17)26-11-18(22)20(2)13-3-5-14(6-4-13)21(24)25/h3-10H,11H2,1-2H3. The first-order valence-electron chi connectivity index (χ1n) is 8.03. The molecule has 0 aliphatic rings. The zero-order chi connectivity index (χ0) is 19.6. The lowest BCUT2D eigenvalue weighted by molar-refractivity contribution is -0.384. The Kier molecular flexibility index (Phi) is 4.89. The van der Waals surface area contributed by atoms with E-state index in [2.05, 4.69) is 0 Å². The predicted molar refractivity (Wildman–Crippen MR) is 99.2 cm³/mol. The van der Waals surface area contributed by atoms with E-state index in [4.69, 9.17) is 9.15 Å². The van der Waals surface area contributed by atoms with Crippen molar-refractivity contribution in [1.82, 2.24) is 0 Å². The first kappa shape index (κ1) is 18.1. The second-order valence-electron chi connectivity index (χ2n) is 5.92. The molecule has 0 bridgehead atoms. The van der Waals surface area contributed by atoms with Crippen molar-refractivity contribution in [3.05, 3.63) is 74.6 Å². The number of nitro groups is 1. The molecule has 8 nitrogen and oxygen atoms in total. The lowest BCUT2D eigenvalue weighted by Crippen LogP contribution is -2.31. The molecule has 138 valence electrons. The van der Waals surface area contributed by atoms with E-state index < -0.39 is 10.5 Å². The highest BCUT2D eigenvalue weighted by atomic mass is 16.6. The van der Waals surface area contributed by atoms with Crippen molar-refractivity contribution in [2.45, 2.75) is 6.92 Å². The molecule has 2 aromatic carbocycles. The lowest BCUT2D eigenvalue weighted by atomic mass is 10.1. The maximum absolute atomic E-state index is 12.3. The van der Waals surface area contributed by atoms with Gasteiger partial charge >= 0.3 is 5.63 Å². The Bertz CT molecular complexity index is 1070. The normalized spacial score (nSPS) is 10.6. The average Bonchev–Trinajstić information content (AvgIpc) is 2.65. The van der Waals surface area contributed by atoms with Gasteiger partial charge in [0.1, 0.15) is 11.3 Å². The molecule has 8 heteroatoms. The molecule has 1 heterocycles. The fourth-order valence-electron chi connectivity index (χ4n) is 2.58. The number of aryl methyl sites for hydroxylation is 1. The van der Waals surface area contributed by atoms with Crippen molar-refractivity contribution in [3.8, 4) is 5.75 Å². The van der Waals surface area contributed by atoms with Crippen molar-refractivity contribution in [3.63, 3.8) is 0 Å². The smallest absolute Gasteiger partial charge is 0.336 e. The van der Waals surface area contributed by atoms with E-state index in [9.17, 15) is 19.7 Å². The van der Waals surface area contributed by atoms with Gasteiger partial charge in [-0.25, -0.2) is 4.79 Å². The van der Waals surface area contributed by atoms with Gasteiger partial charge in [0.05, 0.1) is 4.92 Å². The van der Waals surface area contributed by atoms with Crippen LogP contribution in [0.25, 0.3) is 11.0 Å². The number of anilines is 1. The summed E-state index contributed by atoms with van der Waals surface area (Å²) in [5.41, 5.74) is 1.18.